The lowest BCUT2D eigenvalue weighted by Gasteiger charge is -2.32. The number of likely N-dealkylation sites (tertiary alicyclic amines) is 2. The highest BCUT2D eigenvalue weighted by Gasteiger charge is 2.32. The number of thiazole rings is 1. The van der Waals surface area contributed by atoms with E-state index in [0.717, 1.165) is 30.9 Å². The number of methoxy groups -OCH3 is 1. The minimum Gasteiger partial charge on any atom is -0.378 e. The van der Waals surface area contributed by atoms with Gasteiger partial charge in [0.2, 0.25) is 0 Å². The van der Waals surface area contributed by atoms with Gasteiger partial charge in [0.05, 0.1) is 6.61 Å². The summed E-state index contributed by atoms with van der Waals surface area (Å²) in [5, 5.41) is 2.74. The SMILES string of the molecule is COCc1nc(C(=O)N2CCCC2CN2CCCCC2)cs1. The Hall–Kier alpha value is -0.980. The van der Waals surface area contributed by atoms with E-state index in [-0.39, 0.29) is 5.91 Å². The molecule has 2 aliphatic rings. The van der Waals surface area contributed by atoms with Crippen molar-refractivity contribution in [2.45, 2.75) is 44.8 Å². The normalized spacial score (nSPS) is 23.1. The van der Waals surface area contributed by atoms with Crippen LogP contribution in [0.1, 0.15) is 47.6 Å². The Morgan fingerprint density at radius 3 is 2.91 bits per heavy atom. The smallest absolute Gasteiger partial charge is 0.273 e. The highest BCUT2D eigenvalue weighted by Crippen LogP contribution is 2.23. The van der Waals surface area contributed by atoms with E-state index in [9.17, 15) is 4.79 Å². The summed E-state index contributed by atoms with van der Waals surface area (Å²) in [5.74, 6) is 0.0955. The molecule has 5 nitrogen and oxygen atoms in total. The quantitative estimate of drug-likeness (QED) is 0.834. The van der Waals surface area contributed by atoms with Crippen LogP contribution in [0, 0.1) is 0 Å². The van der Waals surface area contributed by atoms with Crippen molar-refractivity contribution in [3.8, 4) is 0 Å². The molecule has 1 atom stereocenters. The number of carbonyl (C=O) groups excluding carboxylic acids is 1. The predicted molar refractivity (Wildman–Crippen MR) is 87.2 cm³/mol. The van der Waals surface area contributed by atoms with Gasteiger partial charge >= 0.3 is 0 Å². The number of rotatable bonds is 5. The van der Waals surface area contributed by atoms with Gasteiger partial charge in [-0.15, -0.1) is 11.3 Å². The van der Waals surface area contributed by atoms with Crippen molar-refractivity contribution < 1.29 is 9.53 Å². The molecule has 1 unspecified atom stereocenters. The van der Waals surface area contributed by atoms with Crippen molar-refractivity contribution in [3.63, 3.8) is 0 Å². The topological polar surface area (TPSA) is 45.7 Å². The second-order valence-corrected chi connectivity index (χ2v) is 7.16. The third-order valence-corrected chi connectivity index (χ3v) is 5.42. The molecular formula is C16H25N3O2S. The summed E-state index contributed by atoms with van der Waals surface area (Å²) in [6.45, 7) is 4.75. The lowest BCUT2D eigenvalue weighted by molar-refractivity contribution is 0.0684. The first kappa shape index (κ1) is 15.9. The first-order valence-corrected chi connectivity index (χ1v) is 9.12. The van der Waals surface area contributed by atoms with E-state index in [1.807, 2.05) is 10.3 Å². The van der Waals surface area contributed by atoms with Gasteiger partial charge in [0.1, 0.15) is 10.7 Å². The molecule has 22 heavy (non-hydrogen) atoms. The molecule has 6 heteroatoms. The summed E-state index contributed by atoms with van der Waals surface area (Å²) in [5.41, 5.74) is 0.586. The minimum atomic E-state index is 0.0955. The molecule has 0 aliphatic carbocycles. The van der Waals surface area contributed by atoms with E-state index in [2.05, 4.69) is 9.88 Å². The molecule has 0 bridgehead atoms. The third kappa shape index (κ3) is 3.67. The molecular weight excluding hydrogens is 298 g/mol. The fourth-order valence-electron chi connectivity index (χ4n) is 3.48. The van der Waals surface area contributed by atoms with Crippen molar-refractivity contribution in [2.75, 3.05) is 33.3 Å². The van der Waals surface area contributed by atoms with Gasteiger partial charge in [-0.25, -0.2) is 4.98 Å². The van der Waals surface area contributed by atoms with Crippen LogP contribution in [0.4, 0.5) is 0 Å². The summed E-state index contributed by atoms with van der Waals surface area (Å²) in [6, 6.07) is 0.359. The summed E-state index contributed by atoms with van der Waals surface area (Å²) in [7, 11) is 1.65. The first-order chi connectivity index (χ1) is 10.8. The maximum Gasteiger partial charge on any atom is 0.273 e. The second-order valence-electron chi connectivity index (χ2n) is 6.22. The molecule has 3 rings (SSSR count). The maximum atomic E-state index is 12.7. The summed E-state index contributed by atoms with van der Waals surface area (Å²) >= 11 is 1.50. The summed E-state index contributed by atoms with van der Waals surface area (Å²) in [4.78, 5) is 21.7. The molecule has 2 aliphatic heterocycles. The molecule has 0 radical (unpaired) electrons. The zero-order valence-electron chi connectivity index (χ0n) is 13.3. The van der Waals surface area contributed by atoms with E-state index in [1.165, 1.54) is 43.7 Å². The van der Waals surface area contributed by atoms with Crippen LogP contribution in [0.2, 0.25) is 0 Å². The Bertz CT molecular complexity index is 499. The van der Waals surface area contributed by atoms with E-state index >= 15 is 0 Å². The molecule has 3 heterocycles. The van der Waals surface area contributed by atoms with Crippen LogP contribution in [0.25, 0.3) is 0 Å². The molecule has 1 aromatic heterocycles. The van der Waals surface area contributed by atoms with Crippen molar-refractivity contribution in [1.29, 1.82) is 0 Å². The van der Waals surface area contributed by atoms with Crippen LogP contribution < -0.4 is 0 Å². The monoisotopic (exact) mass is 323 g/mol. The molecule has 2 saturated heterocycles. The third-order valence-electron chi connectivity index (χ3n) is 4.59. The Morgan fingerprint density at radius 1 is 1.32 bits per heavy atom. The average molecular weight is 323 g/mol. The van der Waals surface area contributed by atoms with Gasteiger partial charge in [0, 0.05) is 31.6 Å². The van der Waals surface area contributed by atoms with E-state index in [0.29, 0.717) is 18.3 Å². The molecule has 0 aromatic carbocycles. The number of piperidine rings is 1. The van der Waals surface area contributed by atoms with Gasteiger partial charge in [-0.05, 0) is 38.8 Å². The second kappa shape index (κ2) is 7.53. The highest BCUT2D eigenvalue weighted by molar-refractivity contribution is 7.09. The summed E-state index contributed by atoms with van der Waals surface area (Å²) < 4.78 is 5.08. The van der Waals surface area contributed by atoms with E-state index < -0.39 is 0 Å². The lowest BCUT2D eigenvalue weighted by atomic mass is 10.1. The van der Waals surface area contributed by atoms with E-state index in [1.54, 1.807) is 7.11 Å². The van der Waals surface area contributed by atoms with Gasteiger partial charge in [-0.1, -0.05) is 6.42 Å². The Labute approximate surface area is 136 Å². The van der Waals surface area contributed by atoms with Crippen LogP contribution in [0.15, 0.2) is 5.38 Å². The van der Waals surface area contributed by atoms with Crippen LogP contribution in [-0.4, -0.2) is 60.0 Å². The van der Waals surface area contributed by atoms with Crippen LogP contribution in [0.3, 0.4) is 0 Å². The Kier molecular flexibility index (Phi) is 5.44. The molecule has 122 valence electrons. The molecule has 0 spiro atoms. The minimum absolute atomic E-state index is 0.0955. The van der Waals surface area contributed by atoms with Crippen LogP contribution in [-0.2, 0) is 11.3 Å². The van der Waals surface area contributed by atoms with E-state index in [4.69, 9.17) is 4.74 Å². The average Bonchev–Trinajstić information content (AvgIpc) is 3.18. The number of hydrogen-bond donors (Lipinski definition) is 0. The van der Waals surface area contributed by atoms with Crippen LogP contribution >= 0.6 is 11.3 Å². The molecule has 2 fully saturated rings. The summed E-state index contributed by atoms with van der Waals surface area (Å²) in [6.07, 6.45) is 6.18. The van der Waals surface area contributed by atoms with Crippen molar-refractivity contribution in [3.05, 3.63) is 16.1 Å². The number of aromatic nitrogens is 1. The maximum absolute atomic E-state index is 12.7. The highest BCUT2D eigenvalue weighted by atomic mass is 32.1. The van der Waals surface area contributed by atoms with Gasteiger partial charge in [0.25, 0.3) is 5.91 Å². The zero-order valence-corrected chi connectivity index (χ0v) is 14.1. The zero-order chi connectivity index (χ0) is 15.4. The number of amides is 1. The number of ether oxygens (including phenoxy) is 1. The van der Waals surface area contributed by atoms with Gasteiger partial charge < -0.3 is 14.5 Å². The fourth-order valence-corrected chi connectivity index (χ4v) is 4.22. The Morgan fingerprint density at radius 2 is 2.14 bits per heavy atom. The first-order valence-electron chi connectivity index (χ1n) is 8.24. The molecule has 1 amide bonds. The van der Waals surface area contributed by atoms with Crippen LogP contribution in [0.5, 0.6) is 0 Å². The lowest BCUT2D eigenvalue weighted by Crippen LogP contribution is -2.44. The van der Waals surface area contributed by atoms with Gasteiger partial charge in [-0.2, -0.15) is 0 Å². The molecule has 1 aromatic rings. The van der Waals surface area contributed by atoms with Crippen molar-refractivity contribution in [1.82, 2.24) is 14.8 Å². The largest absolute Gasteiger partial charge is 0.378 e. The predicted octanol–water partition coefficient (Wildman–Crippen LogP) is 2.38. The molecule has 0 saturated carbocycles. The number of hydrogen-bond acceptors (Lipinski definition) is 5. The number of carbonyl (C=O) groups is 1. The van der Waals surface area contributed by atoms with Crippen molar-refractivity contribution in [2.24, 2.45) is 0 Å². The fraction of sp³-hybridized carbons (Fsp3) is 0.750. The van der Waals surface area contributed by atoms with Gasteiger partial charge in [0.15, 0.2) is 0 Å². The Balaban J connectivity index is 1.62. The van der Waals surface area contributed by atoms with Gasteiger partial charge in [-0.3, -0.25) is 4.79 Å². The van der Waals surface area contributed by atoms with Crippen molar-refractivity contribution >= 4 is 17.2 Å². The molecule has 0 N–H and O–H groups in total. The number of nitrogens with zero attached hydrogens (tertiary/aromatic N) is 3. The standard InChI is InChI=1S/C16H25N3O2S/c1-21-11-15-17-14(12-22-15)16(20)19-9-5-6-13(19)10-18-7-3-2-4-8-18/h12-13H,2-11H2,1H3.